The average Bonchev–Trinajstić information content (AvgIpc) is 2.82. The number of hydrogen-bond donors (Lipinski definition) is 2. The van der Waals surface area contributed by atoms with Crippen molar-refractivity contribution in [2.75, 3.05) is 13.2 Å². The van der Waals surface area contributed by atoms with E-state index in [1.807, 2.05) is 18.2 Å². The Bertz CT molecular complexity index is 308. The van der Waals surface area contributed by atoms with Gasteiger partial charge in [0.2, 0.25) is 0 Å². The predicted octanol–water partition coefficient (Wildman–Crippen LogP) is 0.844. The lowest BCUT2D eigenvalue weighted by Gasteiger charge is -2.20. The smallest absolute Gasteiger partial charge is 0.160 e. The maximum atomic E-state index is 9.89. The highest BCUT2D eigenvalue weighted by atomic mass is 16.7. The van der Waals surface area contributed by atoms with Gasteiger partial charge in [0, 0.05) is 6.42 Å². The highest BCUT2D eigenvalue weighted by Gasteiger charge is 2.25. The quantitative estimate of drug-likeness (QED) is 0.795. The molecule has 1 aliphatic rings. The number of aliphatic hydroxyl groups excluding tert-OH is 2. The molecule has 1 saturated heterocycles. The standard InChI is InChI=1S/C12H16O4/c13-10(8-11-15-6-7-16-11)12(14)9-4-2-1-3-5-9/h1-5,10-14H,6-8H2/t10-,12-/m1/s1. The molecule has 0 amide bonds. The molecule has 2 rings (SSSR count). The van der Waals surface area contributed by atoms with Crippen molar-refractivity contribution in [2.45, 2.75) is 24.9 Å². The summed E-state index contributed by atoms with van der Waals surface area (Å²) in [7, 11) is 0. The van der Waals surface area contributed by atoms with Crippen molar-refractivity contribution < 1.29 is 19.7 Å². The number of ether oxygens (including phenoxy) is 2. The molecule has 0 aliphatic carbocycles. The summed E-state index contributed by atoms with van der Waals surface area (Å²) in [5.41, 5.74) is 0.702. The molecule has 1 heterocycles. The molecular formula is C12H16O4. The summed E-state index contributed by atoms with van der Waals surface area (Å²) >= 11 is 0. The van der Waals surface area contributed by atoms with Crippen LogP contribution in [0.4, 0.5) is 0 Å². The molecule has 1 fully saturated rings. The molecule has 4 nitrogen and oxygen atoms in total. The van der Waals surface area contributed by atoms with E-state index in [0.29, 0.717) is 18.8 Å². The van der Waals surface area contributed by atoms with E-state index in [1.165, 1.54) is 0 Å². The molecule has 4 heteroatoms. The first kappa shape index (κ1) is 11.5. The van der Waals surface area contributed by atoms with Crippen molar-refractivity contribution in [1.82, 2.24) is 0 Å². The lowest BCUT2D eigenvalue weighted by Crippen LogP contribution is -2.24. The molecule has 1 aromatic carbocycles. The normalized spacial score (nSPS) is 20.9. The van der Waals surface area contributed by atoms with Crippen molar-refractivity contribution in [2.24, 2.45) is 0 Å². The average molecular weight is 224 g/mol. The van der Waals surface area contributed by atoms with Crippen LogP contribution in [0.15, 0.2) is 30.3 Å². The Morgan fingerprint density at radius 1 is 1.12 bits per heavy atom. The molecule has 0 bridgehead atoms. The van der Waals surface area contributed by atoms with Gasteiger partial charge in [-0.05, 0) is 5.56 Å². The Hall–Kier alpha value is -0.940. The number of aliphatic hydroxyl groups is 2. The number of rotatable bonds is 4. The van der Waals surface area contributed by atoms with E-state index in [9.17, 15) is 10.2 Å². The van der Waals surface area contributed by atoms with Crippen LogP contribution in [-0.4, -0.2) is 35.8 Å². The zero-order chi connectivity index (χ0) is 11.4. The first-order valence-electron chi connectivity index (χ1n) is 5.41. The van der Waals surface area contributed by atoms with E-state index in [0.717, 1.165) is 0 Å². The molecular weight excluding hydrogens is 208 g/mol. The van der Waals surface area contributed by atoms with Crippen LogP contribution in [-0.2, 0) is 9.47 Å². The van der Waals surface area contributed by atoms with Gasteiger partial charge in [0.1, 0.15) is 6.10 Å². The molecule has 16 heavy (non-hydrogen) atoms. The second-order valence-corrected chi connectivity index (χ2v) is 3.83. The van der Waals surface area contributed by atoms with Gasteiger partial charge in [0.25, 0.3) is 0 Å². The highest BCUT2D eigenvalue weighted by molar-refractivity contribution is 5.18. The summed E-state index contributed by atoms with van der Waals surface area (Å²) in [5.74, 6) is 0. The summed E-state index contributed by atoms with van der Waals surface area (Å²) in [4.78, 5) is 0. The molecule has 0 aromatic heterocycles. The van der Waals surface area contributed by atoms with Crippen LogP contribution < -0.4 is 0 Å². The van der Waals surface area contributed by atoms with Gasteiger partial charge >= 0.3 is 0 Å². The third kappa shape index (κ3) is 2.80. The zero-order valence-corrected chi connectivity index (χ0v) is 8.95. The van der Waals surface area contributed by atoms with Crippen molar-refractivity contribution in [3.05, 3.63) is 35.9 Å². The van der Waals surface area contributed by atoms with E-state index >= 15 is 0 Å². The SMILES string of the molecule is O[C@H](CC1OCCO1)[C@H](O)c1ccccc1. The summed E-state index contributed by atoms with van der Waals surface area (Å²) in [5, 5.41) is 19.7. The van der Waals surface area contributed by atoms with Gasteiger partial charge in [-0.2, -0.15) is 0 Å². The lowest BCUT2D eigenvalue weighted by molar-refractivity contribution is -0.0927. The van der Waals surface area contributed by atoms with Crippen LogP contribution in [0.2, 0.25) is 0 Å². The van der Waals surface area contributed by atoms with Crippen LogP contribution in [0.3, 0.4) is 0 Å². The minimum Gasteiger partial charge on any atom is -0.390 e. The van der Waals surface area contributed by atoms with Gasteiger partial charge in [0.15, 0.2) is 6.29 Å². The molecule has 0 saturated carbocycles. The first-order valence-corrected chi connectivity index (χ1v) is 5.41. The second kappa shape index (κ2) is 5.41. The minimum atomic E-state index is -0.894. The number of benzene rings is 1. The monoisotopic (exact) mass is 224 g/mol. The highest BCUT2D eigenvalue weighted by Crippen LogP contribution is 2.21. The molecule has 1 aliphatic heterocycles. The first-order chi connectivity index (χ1) is 7.77. The van der Waals surface area contributed by atoms with Gasteiger partial charge in [0.05, 0.1) is 19.3 Å². The van der Waals surface area contributed by atoms with E-state index in [2.05, 4.69) is 0 Å². The van der Waals surface area contributed by atoms with Gasteiger partial charge in [-0.1, -0.05) is 30.3 Å². The minimum absolute atomic E-state index is 0.288. The summed E-state index contributed by atoms with van der Waals surface area (Å²) < 4.78 is 10.4. The maximum Gasteiger partial charge on any atom is 0.160 e. The predicted molar refractivity (Wildman–Crippen MR) is 57.7 cm³/mol. The zero-order valence-electron chi connectivity index (χ0n) is 8.95. The Morgan fingerprint density at radius 3 is 2.38 bits per heavy atom. The molecule has 2 atom stereocenters. The maximum absolute atomic E-state index is 9.89. The molecule has 1 aromatic rings. The Labute approximate surface area is 94.4 Å². The van der Waals surface area contributed by atoms with Crippen LogP contribution in [0, 0.1) is 0 Å². The summed E-state index contributed by atoms with van der Waals surface area (Å²) in [6, 6.07) is 9.09. The largest absolute Gasteiger partial charge is 0.390 e. The van der Waals surface area contributed by atoms with E-state index in [4.69, 9.17) is 9.47 Å². The Kier molecular flexibility index (Phi) is 3.90. The molecule has 0 radical (unpaired) electrons. The van der Waals surface area contributed by atoms with Crippen molar-refractivity contribution >= 4 is 0 Å². The fraction of sp³-hybridized carbons (Fsp3) is 0.500. The van der Waals surface area contributed by atoms with Crippen molar-refractivity contribution in [1.29, 1.82) is 0 Å². The van der Waals surface area contributed by atoms with Crippen LogP contribution in [0.5, 0.6) is 0 Å². The topological polar surface area (TPSA) is 58.9 Å². The van der Waals surface area contributed by atoms with Crippen molar-refractivity contribution in [3.8, 4) is 0 Å². The lowest BCUT2D eigenvalue weighted by atomic mass is 10.0. The third-order valence-corrected chi connectivity index (χ3v) is 2.63. The van der Waals surface area contributed by atoms with E-state index in [1.54, 1.807) is 12.1 Å². The van der Waals surface area contributed by atoms with Crippen LogP contribution in [0.1, 0.15) is 18.1 Å². The van der Waals surface area contributed by atoms with E-state index in [-0.39, 0.29) is 6.42 Å². The van der Waals surface area contributed by atoms with Gasteiger partial charge in [-0.15, -0.1) is 0 Å². The molecule has 0 unspecified atom stereocenters. The van der Waals surface area contributed by atoms with Crippen LogP contribution >= 0.6 is 0 Å². The van der Waals surface area contributed by atoms with Crippen molar-refractivity contribution in [3.63, 3.8) is 0 Å². The molecule has 0 spiro atoms. The fourth-order valence-electron chi connectivity index (χ4n) is 1.74. The Balaban J connectivity index is 1.91. The summed E-state index contributed by atoms with van der Waals surface area (Å²) in [6.07, 6.45) is -1.87. The van der Waals surface area contributed by atoms with Gasteiger partial charge in [-0.3, -0.25) is 0 Å². The molecule has 2 N–H and O–H groups in total. The molecule has 88 valence electrons. The third-order valence-electron chi connectivity index (χ3n) is 2.63. The Morgan fingerprint density at radius 2 is 1.75 bits per heavy atom. The van der Waals surface area contributed by atoms with E-state index < -0.39 is 18.5 Å². The fourth-order valence-corrected chi connectivity index (χ4v) is 1.74. The second-order valence-electron chi connectivity index (χ2n) is 3.83. The number of hydrogen-bond acceptors (Lipinski definition) is 4. The van der Waals surface area contributed by atoms with Gasteiger partial charge < -0.3 is 19.7 Å². The van der Waals surface area contributed by atoms with Crippen LogP contribution in [0.25, 0.3) is 0 Å². The summed E-state index contributed by atoms with van der Waals surface area (Å²) in [6.45, 7) is 1.11. The van der Waals surface area contributed by atoms with Gasteiger partial charge in [-0.25, -0.2) is 0 Å².